The van der Waals surface area contributed by atoms with Gasteiger partial charge in [-0.15, -0.1) is 0 Å². The van der Waals surface area contributed by atoms with E-state index in [-0.39, 0.29) is 86.1 Å². The lowest BCUT2D eigenvalue weighted by molar-refractivity contribution is -0.113. The Morgan fingerprint density at radius 2 is 0.645 bits per heavy atom. The van der Waals surface area contributed by atoms with Crippen LogP contribution in [0.25, 0.3) is 0 Å². The molecular formula is C84H102Cl4N14O8. The monoisotopic (exact) mass is 1570 g/mol. The standard InChI is InChI=1S/2C21H27ClN4O2.2C21H24ClN3O2/c2*1-14-4-6-18(7-5-14)24-21(28)26-9-8-25(12-16(26)3)20-19(22)10-17(11-23-20)15(2)13-27;2*1-14-3-5-18(6-4-14)24-21(27)16-7-9-25(10-8-16)20-19(22)11-17(12-23-20)15(2)13-26/h2*4-7,10-11,15-16,27H,8-9,12-13H2,1-3H3,(H,24,28);2*3-7,11-12,15,26H,8-10,13H2,1-2H3,(H,24,27)/t15-,16+;15-,16-;2*15-/m0110/s1. The molecule has 4 aromatic heterocycles. The molecule has 22 nitrogen and oxygen atoms in total. The number of nitrogens with one attached hydrogen (secondary N) is 4. The van der Waals surface area contributed by atoms with E-state index in [4.69, 9.17) is 46.4 Å². The molecule has 8 N–H and O–H groups in total. The molecule has 4 aliphatic heterocycles. The molecule has 0 unspecified atom stereocenters. The molecular weight excluding hydrogens is 1470 g/mol. The van der Waals surface area contributed by atoms with Crippen molar-refractivity contribution in [3.05, 3.63) is 234 Å². The Morgan fingerprint density at radius 1 is 0.391 bits per heavy atom. The van der Waals surface area contributed by atoms with Crippen LogP contribution in [-0.4, -0.2) is 178 Å². The highest BCUT2D eigenvalue weighted by molar-refractivity contribution is 6.34. The maximum atomic E-state index is 12.7. The lowest BCUT2D eigenvalue weighted by Crippen LogP contribution is -2.55. The van der Waals surface area contributed by atoms with Gasteiger partial charge in [0.15, 0.2) is 0 Å². The van der Waals surface area contributed by atoms with E-state index in [0.717, 1.165) is 90.0 Å². The highest BCUT2D eigenvalue weighted by Crippen LogP contribution is 2.34. The highest BCUT2D eigenvalue weighted by Gasteiger charge is 2.32. The summed E-state index contributed by atoms with van der Waals surface area (Å²) in [6, 6.07) is 38.4. The molecule has 584 valence electrons. The number of aryl methyl sites for hydroxylation is 4. The van der Waals surface area contributed by atoms with E-state index in [0.29, 0.717) is 110 Å². The molecule has 0 bridgehead atoms. The van der Waals surface area contributed by atoms with Crippen LogP contribution in [0.4, 0.5) is 55.6 Å². The first-order valence-electron chi connectivity index (χ1n) is 37.2. The van der Waals surface area contributed by atoms with Crippen LogP contribution in [0.5, 0.6) is 0 Å². The average Bonchev–Trinajstić information content (AvgIpc) is 0.814. The molecule has 8 heterocycles. The van der Waals surface area contributed by atoms with Crippen molar-refractivity contribution < 1.29 is 39.6 Å². The van der Waals surface area contributed by atoms with Gasteiger partial charge in [0, 0.05) is 186 Å². The number of aliphatic hydroxyl groups excluding tert-OH is 4. The van der Waals surface area contributed by atoms with Gasteiger partial charge in [-0.3, -0.25) is 9.59 Å². The lowest BCUT2D eigenvalue weighted by Gasteiger charge is -2.40. The van der Waals surface area contributed by atoms with Crippen LogP contribution in [0.1, 0.15) is 123 Å². The fraction of sp³-hybridized carbons (Fsp3) is 0.381. The van der Waals surface area contributed by atoms with Crippen molar-refractivity contribution in [1.29, 1.82) is 0 Å². The van der Waals surface area contributed by atoms with Crippen LogP contribution < -0.4 is 40.9 Å². The number of pyridine rings is 4. The van der Waals surface area contributed by atoms with E-state index in [1.165, 1.54) is 0 Å². The van der Waals surface area contributed by atoms with Crippen molar-refractivity contribution in [2.45, 2.75) is 118 Å². The predicted octanol–water partition coefficient (Wildman–Crippen LogP) is 15.6. The molecule has 110 heavy (non-hydrogen) atoms. The number of nitrogens with zero attached hydrogens (tertiary/aromatic N) is 10. The Morgan fingerprint density at radius 3 is 0.873 bits per heavy atom. The predicted molar refractivity (Wildman–Crippen MR) is 446 cm³/mol. The fourth-order valence-electron chi connectivity index (χ4n) is 12.6. The van der Waals surface area contributed by atoms with E-state index in [1.807, 2.05) is 213 Å². The Bertz CT molecular complexity index is 4200. The molecule has 4 aromatic carbocycles. The Hall–Kier alpha value is -9.36. The zero-order chi connectivity index (χ0) is 79.3. The maximum absolute atomic E-state index is 12.7. The van der Waals surface area contributed by atoms with Crippen molar-refractivity contribution in [2.24, 2.45) is 0 Å². The summed E-state index contributed by atoms with van der Waals surface area (Å²) in [4.78, 5) is 80.2. The number of urea groups is 2. The number of aliphatic hydroxyl groups is 4. The second-order valence-corrected chi connectivity index (χ2v) is 30.3. The minimum atomic E-state index is -0.0952. The van der Waals surface area contributed by atoms with Gasteiger partial charge < -0.3 is 71.1 Å². The smallest absolute Gasteiger partial charge is 0.322 e. The number of benzene rings is 4. The summed E-state index contributed by atoms with van der Waals surface area (Å²) in [5.41, 5.74) is 13.0. The lowest BCUT2D eigenvalue weighted by atomic mass is 10.0. The molecule has 26 heteroatoms. The first kappa shape index (κ1) is 84.7. The minimum Gasteiger partial charge on any atom is -0.396 e. The molecule has 0 spiro atoms. The van der Waals surface area contributed by atoms with Gasteiger partial charge in [0.1, 0.15) is 23.3 Å². The number of carbonyl (C=O) groups excluding carboxylic acids is 4. The number of piperazine rings is 2. The third-order valence-corrected chi connectivity index (χ3v) is 21.1. The third kappa shape index (κ3) is 23.4. The summed E-state index contributed by atoms with van der Waals surface area (Å²) >= 11 is 25.7. The van der Waals surface area contributed by atoms with Crippen molar-refractivity contribution in [3.8, 4) is 0 Å². The fourth-order valence-corrected chi connectivity index (χ4v) is 13.8. The summed E-state index contributed by atoms with van der Waals surface area (Å²) in [6.07, 6.45) is 12.2. The number of aromatic nitrogens is 4. The topological polar surface area (TPSA) is 268 Å². The van der Waals surface area contributed by atoms with E-state index >= 15 is 0 Å². The average molecular weight is 1580 g/mol. The SMILES string of the molecule is Cc1ccc(NC(=O)C2=CCN(c3ncc([C@@H](C)CO)cc3Cl)CC2)cc1.Cc1ccc(NC(=O)C2=CCN(c3ncc([C@H](C)CO)cc3Cl)CC2)cc1.Cc1ccc(NC(=O)N2CCN(c3ncc([C@@H](C)CO)cc3Cl)C[C@H]2C)cc1.Cc1ccc(NC(=O)N2CCN(c3ncc([C@H](C)CO)cc3Cl)C[C@H]2C)cc1. The summed E-state index contributed by atoms with van der Waals surface area (Å²) in [5, 5.41) is 51.2. The molecule has 0 saturated carbocycles. The first-order chi connectivity index (χ1) is 52.7. The van der Waals surface area contributed by atoms with Crippen molar-refractivity contribution in [2.75, 3.05) is 133 Å². The number of amides is 6. The molecule has 2 saturated heterocycles. The van der Waals surface area contributed by atoms with Gasteiger partial charge in [-0.25, -0.2) is 29.5 Å². The number of hydrogen-bond donors (Lipinski definition) is 8. The largest absolute Gasteiger partial charge is 0.396 e. The van der Waals surface area contributed by atoms with Gasteiger partial charge in [0.25, 0.3) is 11.8 Å². The van der Waals surface area contributed by atoms with Crippen LogP contribution >= 0.6 is 46.4 Å². The Kier molecular flexibility index (Phi) is 31.2. The number of rotatable bonds is 18. The van der Waals surface area contributed by atoms with Crippen molar-refractivity contribution >= 4 is 116 Å². The van der Waals surface area contributed by atoms with E-state index in [9.17, 15) is 39.6 Å². The Labute approximate surface area is 666 Å². The van der Waals surface area contributed by atoms with Gasteiger partial charge >= 0.3 is 12.1 Å². The van der Waals surface area contributed by atoms with Crippen LogP contribution in [-0.2, 0) is 9.59 Å². The molecule has 2 fully saturated rings. The van der Waals surface area contributed by atoms with Gasteiger partial charge in [-0.2, -0.15) is 0 Å². The zero-order valence-electron chi connectivity index (χ0n) is 64.2. The van der Waals surface area contributed by atoms with Gasteiger partial charge in [-0.05, 0) is 149 Å². The zero-order valence-corrected chi connectivity index (χ0v) is 67.2. The van der Waals surface area contributed by atoms with Crippen LogP contribution in [0.15, 0.2) is 169 Å². The quantitative estimate of drug-likeness (QED) is 0.0397. The van der Waals surface area contributed by atoms with Crippen LogP contribution in [0.3, 0.4) is 0 Å². The molecule has 0 aliphatic carbocycles. The number of carbonyl (C=O) groups is 4. The third-order valence-electron chi connectivity index (χ3n) is 19.9. The van der Waals surface area contributed by atoms with E-state index < -0.39 is 0 Å². The summed E-state index contributed by atoms with van der Waals surface area (Å²) in [7, 11) is 0. The number of anilines is 8. The normalized spacial score (nSPS) is 16.7. The van der Waals surface area contributed by atoms with E-state index in [1.54, 1.807) is 24.8 Å². The second-order valence-electron chi connectivity index (χ2n) is 28.7. The summed E-state index contributed by atoms with van der Waals surface area (Å²) in [5.74, 6) is 2.74. The van der Waals surface area contributed by atoms with Crippen LogP contribution in [0.2, 0.25) is 20.1 Å². The van der Waals surface area contributed by atoms with Crippen molar-refractivity contribution in [3.63, 3.8) is 0 Å². The summed E-state index contributed by atoms with van der Waals surface area (Å²) < 4.78 is 0. The number of halogens is 4. The molecule has 8 aromatic rings. The van der Waals surface area contributed by atoms with Crippen LogP contribution in [0, 0.1) is 27.7 Å². The highest BCUT2D eigenvalue weighted by atomic mass is 35.5. The van der Waals surface area contributed by atoms with Gasteiger partial charge in [0.2, 0.25) is 0 Å². The second kappa shape index (κ2) is 40.5. The minimum absolute atomic E-state index is 0.000269. The maximum Gasteiger partial charge on any atom is 0.322 e. The Balaban J connectivity index is 0.000000169. The first-order valence-corrected chi connectivity index (χ1v) is 38.7. The van der Waals surface area contributed by atoms with Gasteiger partial charge in [0.05, 0.1) is 20.1 Å². The molecule has 12 rings (SSSR count). The molecule has 0 radical (unpaired) electrons. The number of hydrogen-bond acceptors (Lipinski definition) is 16. The van der Waals surface area contributed by atoms with Gasteiger partial charge in [-0.1, -0.05) is 157 Å². The van der Waals surface area contributed by atoms with Crippen molar-refractivity contribution in [1.82, 2.24) is 29.7 Å². The summed E-state index contributed by atoms with van der Waals surface area (Å²) in [6.45, 7) is 26.4. The molecule has 6 amide bonds. The molecule has 6 atom stereocenters. The van der Waals surface area contributed by atoms with E-state index in [2.05, 4.69) is 60.8 Å². The molecule has 4 aliphatic rings.